The van der Waals surface area contributed by atoms with E-state index in [-0.39, 0.29) is 22.4 Å². The number of rotatable bonds is 6. The molecule has 0 aromatic heterocycles. The third-order valence-corrected chi connectivity index (χ3v) is 5.16. The third-order valence-electron chi connectivity index (χ3n) is 3.64. The summed E-state index contributed by atoms with van der Waals surface area (Å²) in [6.45, 7) is 5.85. The number of benzene rings is 1. The molecule has 5 nitrogen and oxygen atoms in total. The highest BCUT2D eigenvalue weighted by molar-refractivity contribution is 7.89. The van der Waals surface area contributed by atoms with Gasteiger partial charge in [-0.15, -0.1) is 0 Å². The smallest absolute Gasteiger partial charge is 0.251 e. The number of hydrogen-bond donors (Lipinski definition) is 2. The van der Waals surface area contributed by atoms with Gasteiger partial charge in [-0.05, 0) is 51.3 Å². The van der Waals surface area contributed by atoms with Crippen LogP contribution in [0.25, 0.3) is 0 Å². The fraction of sp³-hybridized carbons (Fsp3) is 0.533. The van der Waals surface area contributed by atoms with Crippen molar-refractivity contribution in [3.05, 3.63) is 29.8 Å². The molecule has 1 amide bonds. The molecule has 0 spiro atoms. The van der Waals surface area contributed by atoms with Crippen molar-refractivity contribution in [2.75, 3.05) is 0 Å². The molecule has 2 N–H and O–H groups in total. The van der Waals surface area contributed by atoms with Gasteiger partial charge in [-0.2, -0.15) is 0 Å². The van der Waals surface area contributed by atoms with E-state index < -0.39 is 10.0 Å². The van der Waals surface area contributed by atoms with Gasteiger partial charge in [-0.1, -0.05) is 13.0 Å². The van der Waals surface area contributed by atoms with E-state index in [1.807, 2.05) is 20.8 Å². The van der Waals surface area contributed by atoms with Gasteiger partial charge in [0.1, 0.15) is 0 Å². The number of amides is 1. The van der Waals surface area contributed by atoms with E-state index in [1.54, 1.807) is 12.1 Å². The van der Waals surface area contributed by atoms with Crippen LogP contribution in [0.1, 0.15) is 50.4 Å². The fourth-order valence-electron chi connectivity index (χ4n) is 1.76. The van der Waals surface area contributed by atoms with Crippen LogP contribution in [0.3, 0.4) is 0 Å². The topological polar surface area (TPSA) is 75.3 Å². The maximum Gasteiger partial charge on any atom is 0.251 e. The summed E-state index contributed by atoms with van der Waals surface area (Å²) >= 11 is 0. The van der Waals surface area contributed by atoms with E-state index in [0.717, 1.165) is 19.3 Å². The van der Waals surface area contributed by atoms with Crippen molar-refractivity contribution in [3.63, 3.8) is 0 Å². The molecule has 0 aliphatic heterocycles. The maximum atomic E-state index is 12.2. The molecule has 1 aromatic rings. The minimum Gasteiger partial charge on any atom is -0.347 e. The monoisotopic (exact) mass is 310 g/mol. The molecule has 0 radical (unpaired) electrons. The van der Waals surface area contributed by atoms with Crippen LogP contribution in [0.5, 0.6) is 0 Å². The Bertz CT molecular complexity index is 634. The van der Waals surface area contributed by atoms with E-state index in [9.17, 15) is 13.2 Å². The normalized spacial score (nSPS) is 15.8. The highest BCUT2D eigenvalue weighted by Crippen LogP contribution is 2.22. The molecule has 21 heavy (non-hydrogen) atoms. The molecule has 1 fully saturated rings. The van der Waals surface area contributed by atoms with Crippen LogP contribution in [0.15, 0.2) is 29.2 Å². The van der Waals surface area contributed by atoms with Gasteiger partial charge in [0.2, 0.25) is 10.0 Å². The minimum absolute atomic E-state index is 0.0477. The standard InChI is InChI=1S/C15H22N2O3S/c1-4-15(2,3)16-14(18)11-6-5-7-13(10-11)21(19,20)17-12-8-9-12/h5-7,10,12,17H,4,8-9H2,1-3H3,(H,16,18). The van der Waals surface area contributed by atoms with Crippen molar-refractivity contribution in [1.82, 2.24) is 10.0 Å². The second-order valence-electron chi connectivity index (χ2n) is 6.11. The molecule has 1 aliphatic carbocycles. The fourth-order valence-corrected chi connectivity index (χ4v) is 3.11. The lowest BCUT2D eigenvalue weighted by Gasteiger charge is -2.24. The zero-order valence-corrected chi connectivity index (χ0v) is 13.5. The summed E-state index contributed by atoms with van der Waals surface area (Å²) in [7, 11) is -3.53. The van der Waals surface area contributed by atoms with Gasteiger partial charge >= 0.3 is 0 Å². The third kappa shape index (κ3) is 4.28. The molecule has 1 aliphatic rings. The van der Waals surface area contributed by atoms with Gasteiger partial charge in [0.25, 0.3) is 5.91 Å². The SMILES string of the molecule is CCC(C)(C)NC(=O)c1cccc(S(=O)(=O)NC2CC2)c1. The summed E-state index contributed by atoms with van der Waals surface area (Å²) in [6, 6.07) is 6.19. The Hall–Kier alpha value is -1.40. The van der Waals surface area contributed by atoms with Crippen LogP contribution >= 0.6 is 0 Å². The first-order chi connectivity index (χ1) is 9.73. The Morgan fingerprint density at radius 2 is 2.00 bits per heavy atom. The summed E-state index contributed by atoms with van der Waals surface area (Å²) in [6.07, 6.45) is 2.55. The van der Waals surface area contributed by atoms with Gasteiger partial charge in [-0.3, -0.25) is 4.79 Å². The van der Waals surface area contributed by atoms with Crippen molar-refractivity contribution < 1.29 is 13.2 Å². The Kier molecular flexibility index (Phi) is 4.39. The molecule has 0 unspecified atom stereocenters. The second kappa shape index (κ2) is 5.77. The average molecular weight is 310 g/mol. The summed E-state index contributed by atoms with van der Waals surface area (Å²) in [5.41, 5.74) is 0.0355. The van der Waals surface area contributed by atoms with Gasteiger partial charge in [0.15, 0.2) is 0 Å². The van der Waals surface area contributed by atoms with Gasteiger partial charge in [0, 0.05) is 17.1 Å². The molecule has 0 bridgehead atoms. The average Bonchev–Trinajstić information content (AvgIpc) is 3.21. The number of carbonyl (C=O) groups excluding carboxylic acids is 1. The molecule has 6 heteroatoms. The first-order valence-electron chi connectivity index (χ1n) is 7.18. The predicted molar refractivity (Wildman–Crippen MR) is 81.6 cm³/mol. The zero-order valence-electron chi connectivity index (χ0n) is 12.6. The van der Waals surface area contributed by atoms with E-state index in [4.69, 9.17) is 0 Å². The van der Waals surface area contributed by atoms with Crippen molar-refractivity contribution >= 4 is 15.9 Å². The van der Waals surface area contributed by atoms with E-state index in [1.165, 1.54) is 12.1 Å². The Morgan fingerprint density at radius 1 is 1.33 bits per heavy atom. The lowest BCUT2D eigenvalue weighted by molar-refractivity contribution is 0.0911. The summed E-state index contributed by atoms with van der Waals surface area (Å²) in [4.78, 5) is 12.3. The lowest BCUT2D eigenvalue weighted by Crippen LogP contribution is -2.42. The lowest BCUT2D eigenvalue weighted by atomic mass is 10.0. The van der Waals surface area contributed by atoms with Gasteiger partial charge in [-0.25, -0.2) is 13.1 Å². The number of nitrogens with one attached hydrogen (secondary N) is 2. The minimum atomic E-state index is -3.53. The summed E-state index contributed by atoms with van der Waals surface area (Å²) in [5, 5.41) is 2.90. The van der Waals surface area contributed by atoms with Crippen molar-refractivity contribution in [2.45, 2.75) is 56.5 Å². The maximum absolute atomic E-state index is 12.2. The van der Waals surface area contributed by atoms with Crippen LogP contribution < -0.4 is 10.0 Å². The summed E-state index contributed by atoms with van der Waals surface area (Å²) < 4.78 is 26.9. The predicted octanol–water partition coefficient (Wildman–Crippen LogP) is 2.05. The van der Waals surface area contributed by atoms with Crippen LogP contribution in [0.4, 0.5) is 0 Å². The number of carbonyl (C=O) groups is 1. The van der Waals surface area contributed by atoms with Crippen molar-refractivity contribution in [3.8, 4) is 0 Å². The van der Waals surface area contributed by atoms with Crippen LogP contribution in [-0.2, 0) is 10.0 Å². The van der Waals surface area contributed by atoms with E-state index in [2.05, 4.69) is 10.0 Å². The quantitative estimate of drug-likeness (QED) is 0.844. The first kappa shape index (κ1) is 16.0. The number of sulfonamides is 1. The largest absolute Gasteiger partial charge is 0.347 e. The van der Waals surface area contributed by atoms with Crippen molar-refractivity contribution in [2.24, 2.45) is 0 Å². The molecule has 0 saturated heterocycles. The highest BCUT2D eigenvalue weighted by Gasteiger charge is 2.28. The molecule has 2 rings (SSSR count). The molecule has 1 aromatic carbocycles. The van der Waals surface area contributed by atoms with Crippen molar-refractivity contribution in [1.29, 1.82) is 0 Å². The molecular weight excluding hydrogens is 288 g/mol. The van der Waals surface area contributed by atoms with Crippen LogP contribution in [0.2, 0.25) is 0 Å². The number of hydrogen-bond acceptors (Lipinski definition) is 3. The zero-order chi connectivity index (χ0) is 15.7. The Labute approximate surface area is 126 Å². The van der Waals surface area contributed by atoms with Gasteiger partial charge in [0.05, 0.1) is 4.90 Å². The van der Waals surface area contributed by atoms with E-state index >= 15 is 0 Å². The molecule has 0 atom stereocenters. The highest BCUT2D eigenvalue weighted by atomic mass is 32.2. The van der Waals surface area contributed by atoms with E-state index in [0.29, 0.717) is 5.56 Å². The molecular formula is C15H22N2O3S. The molecule has 1 saturated carbocycles. The Morgan fingerprint density at radius 3 is 2.57 bits per heavy atom. The summed E-state index contributed by atoms with van der Waals surface area (Å²) in [5.74, 6) is -0.259. The molecule has 116 valence electrons. The Balaban J connectivity index is 2.19. The first-order valence-corrected chi connectivity index (χ1v) is 8.67. The van der Waals surface area contributed by atoms with Gasteiger partial charge < -0.3 is 5.32 Å². The molecule has 0 heterocycles. The second-order valence-corrected chi connectivity index (χ2v) is 7.83. The van der Waals surface area contributed by atoms with Crippen LogP contribution in [-0.4, -0.2) is 25.9 Å². The van der Waals surface area contributed by atoms with Crippen LogP contribution in [0, 0.1) is 0 Å².